The van der Waals surface area contributed by atoms with Crippen LogP contribution in [0.4, 0.5) is 0 Å². The minimum absolute atomic E-state index is 0.860. The van der Waals surface area contributed by atoms with Crippen molar-refractivity contribution in [2.75, 3.05) is 0 Å². The quantitative estimate of drug-likeness (QED) is 0.587. The maximum Gasteiger partial charge on any atom is 0.114 e. The van der Waals surface area contributed by atoms with Crippen molar-refractivity contribution in [2.24, 2.45) is 23.7 Å². The van der Waals surface area contributed by atoms with E-state index >= 15 is 0 Å². The zero-order valence-electron chi connectivity index (χ0n) is 10.6. The van der Waals surface area contributed by atoms with Crippen molar-refractivity contribution >= 4 is 7.28 Å². The third-order valence-corrected chi connectivity index (χ3v) is 3.78. The lowest BCUT2D eigenvalue weighted by Gasteiger charge is -2.36. The van der Waals surface area contributed by atoms with Gasteiger partial charge in [0.05, 0.1) is 0 Å². The Morgan fingerprint density at radius 1 is 1.21 bits per heavy atom. The fourth-order valence-electron chi connectivity index (χ4n) is 3.06. The Morgan fingerprint density at radius 2 is 1.86 bits per heavy atom. The third-order valence-electron chi connectivity index (χ3n) is 3.78. The van der Waals surface area contributed by atoms with Crippen molar-refractivity contribution < 1.29 is 0 Å². The van der Waals surface area contributed by atoms with Crippen molar-refractivity contribution in [3.05, 3.63) is 0 Å². The lowest BCUT2D eigenvalue weighted by Crippen LogP contribution is -2.28. The fraction of sp³-hybridized carbons (Fsp3) is 1.00. The van der Waals surface area contributed by atoms with Crippen LogP contribution in [-0.4, -0.2) is 7.28 Å². The van der Waals surface area contributed by atoms with Gasteiger partial charge < -0.3 is 0 Å². The molecule has 0 aromatic carbocycles. The second-order valence-corrected chi connectivity index (χ2v) is 5.98. The molecule has 0 amide bonds. The maximum atomic E-state index is 2.60. The van der Waals surface area contributed by atoms with E-state index in [0.717, 1.165) is 29.5 Å². The lowest BCUT2D eigenvalue weighted by atomic mass is 9.47. The van der Waals surface area contributed by atoms with Crippen LogP contribution in [0.2, 0.25) is 12.1 Å². The topological polar surface area (TPSA) is 0 Å². The summed E-state index contributed by atoms with van der Waals surface area (Å²) in [5, 5.41) is 0. The predicted octanol–water partition coefficient (Wildman–Crippen LogP) is 4.26. The molecule has 0 aromatic rings. The molecule has 1 rings (SSSR count). The molecule has 14 heavy (non-hydrogen) atoms. The molecule has 0 aromatic heterocycles. The smallest absolute Gasteiger partial charge is 0.0767 e. The largest absolute Gasteiger partial charge is 0.114 e. The van der Waals surface area contributed by atoms with Crippen LogP contribution < -0.4 is 0 Å². The molecular weight excluding hydrogens is 167 g/mol. The molecule has 0 saturated carbocycles. The molecule has 1 saturated heterocycles. The van der Waals surface area contributed by atoms with Crippen LogP contribution in [0.15, 0.2) is 0 Å². The van der Waals surface area contributed by atoms with E-state index in [-0.39, 0.29) is 0 Å². The zero-order chi connectivity index (χ0) is 10.7. The Kier molecular flexibility index (Phi) is 4.54. The van der Waals surface area contributed by atoms with Gasteiger partial charge in [-0.15, -0.1) is 0 Å². The van der Waals surface area contributed by atoms with Gasteiger partial charge >= 0.3 is 0 Å². The molecule has 1 aliphatic rings. The van der Waals surface area contributed by atoms with E-state index in [1.807, 2.05) is 0 Å². The molecule has 0 bridgehead atoms. The Bertz CT molecular complexity index is 163. The van der Waals surface area contributed by atoms with E-state index in [4.69, 9.17) is 0 Å². The SMILES string of the molecule is CC(C)CC1[B]CC(C(C)C)C(C)C1. The normalized spacial score (nSPS) is 33.5. The minimum Gasteiger partial charge on any atom is -0.0767 e. The molecule has 1 fully saturated rings. The Morgan fingerprint density at radius 3 is 2.29 bits per heavy atom. The molecule has 1 aliphatic heterocycles. The molecule has 0 aliphatic carbocycles. The summed E-state index contributed by atoms with van der Waals surface area (Å²) < 4.78 is 0. The van der Waals surface area contributed by atoms with Crippen molar-refractivity contribution in [1.29, 1.82) is 0 Å². The molecule has 3 atom stereocenters. The van der Waals surface area contributed by atoms with E-state index < -0.39 is 0 Å². The maximum absolute atomic E-state index is 2.60. The van der Waals surface area contributed by atoms with Crippen molar-refractivity contribution in [3.63, 3.8) is 0 Å². The van der Waals surface area contributed by atoms with E-state index in [1.165, 1.54) is 19.2 Å². The van der Waals surface area contributed by atoms with Crippen LogP contribution in [0.25, 0.3) is 0 Å². The summed E-state index contributed by atoms with van der Waals surface area (Å²) in [6.45, 7) is 11.9. The van der Waals surface area contributed by atoms with Gasteiger partial charge in [-0.2, -0.15) is 0 Å². The highest BCUT2D eigenvalue weighted by Gasteiger charge is 2.29. The Labute approximate surface area is 91.1 Å². The third kappa shape index (κ3) is 3.33. The standard InChI is InChI=1S/C13H26B/c1-9(2)6-12-7-11(5)13(8-14-12)10(3)4/h9-13H,6-8H2,1-5H3. The highest BCUT2D eigenvalue weighted by atomic mass is 14.3. The fourth-order valence-corrected chi connectivity index (χ4v) is 3.06. The van der Waals surface area contributed by atoms with E-state index in [1.54, 1.807) is 0 Å². The molecule has 1 radical (unpaired) electrons. The predicted molar refractivity (Wildman–Crippen MR) is 65.9 cm³/mol. The average molecular weight is 193 g/mol. The number of hydrogen-bond donors (Lipinski definition) is 0. The van der Waals surface area contributed by atoms with Crippen molar-refractivity contribution in [3.8, 4) is 0 Å². The number of rotatable bonds is 3. The second kappa shape index (κ2) is 5.23. The molecule has 81 valence electrons. The number of hydrogen-bond acceptors (Lipinski definition) is 0. The van der Waals surface area contributed by atoms with Gasteiger partial charge in [-0.25, -0.2) is 0 Å². The molecule has 0 spiro atoms. The highest BCUT2D eigenvalue weighted by Crippen LogP contribution is 2.39. The highest BCUT2D eigenvalue weighted by molar-refractivity contribution is 6.38. The van der Waals surface area contributed by atoms with Crippen LogP contribution >= 0.6 is 0 Å². The van der Waals surface area contributed by atoms with Crippen LogP contribution in [0.3, 0.4) is 0 Å². The van der Waals surface area contributed by atoms with E-state index in [2.05, 4.69) is 41.9 Å². The Hall–Kier alpha value is 0.0649. The lowest BCUT2D eigenvalue weighted by molar-refractivity contribution is 0.255. The first kappa shape index (κ1) is 12.1. The van der Waals surface area contributed by atoms with Crippen molar-refractivity contribution in [1.82, 2.24) is 0 Å². The van der Waals surface area contributed by atoms with Gasteiger partial charge in [0.2, 0.25) is 0 Å². The molecule has 1 heteroatoms. The van der Waals surface area contributed by atoms with Crippen LogP contribution in [0.5, 0.6) is 0 Å². The summed E-state index contributed by atoms with van der Waals surface area (Å²) in [7, 11) is 2.60. The van der Waals surface area contributed by atoms with Gasteiger partial charge in [0, 0.05) is 0 Å². The monoisotopic (exact) mass is 193 g/mol. The van der Waals surface area contributed by atoms with Crippen LogP contribution in [-0.2, 0) is 0 Å². The molecule has 0 N–H and O–H groups in total. The molecule has 0 nitrogen and oxygen atoms in total. The van der Waals surface area contributed by atoms with Gasteiger partial charge in [-0.05, 0) is 23.7 Å². The van der Waals surface area contributed by atoms with Gasteiger partial charge in [0.1, 0.15) is 7.28 Å². The minimum atomic E-state index is 0.860. The first-order valence-electron chi connectivity index (χ1n) is 6.34. The average Bonchev–Trinajstić information content (AvgIpc) is 2.01. The van der Waals surface area contributed by atoms with Gasteiger partial charge in [-0.3, -0.25) is 0 Å². The summed E-state index contributed by atoms with van der Waals surface area (Å²) >= 11 is 0. The summed E-state index contributed by atoms with van der Waals surface area (Å²) in [5.74, 6) is 4.50. The van der Waals surface area contributed by atoms with Crippen LogP contribution in [0.1, 0.15) is 47.5 Å². The van der Waals surface area contributed by atoms with Crippen LogP contribution in [0, 0.1) is 23.7 Å². The summed E-state index contributed by atoms with van der Waals surface area (Å²) in [6.07, 6.45) is 4.19. The summed E-state index contributed by atoms with van der Waals surface area (Å²) in [6, 6.07) is 0. The summed E-state index contributed by atoms with van der Waals surface area (Å²) in [4.78, 5) is 0. The summed E-state index contributed by atoms with van der Waals surface area (Å²) in [5.41, 5.74) is 0. The Balaban J connectivity index is 2.39. The van der Waals surface area contributed by atoms with Gasteiger partial charge in [-0.1, -0.05) is 59.6 Å². The molecule has 3 unspecified atom stereocenters. The first-order valence-corrected chi connectivity index (χ1v) is 6.34. The second-order valence-electron chi connectivity index (χ2n) is 5.98. The molecule has 1 heterocycles. The molecular formula is C13H26B. The van der Waals surface area contributed by atoms with Crippen molar-refractivity contribution in [2.45, 2.75) is 59.6 Å². The van der Waals surface area contributed by atoms with E-state index in [0.29, 0.717) is 0 Å². The first-order chi connectivity index (χ1) is 6.50. The van der Waals surface area contributed by atoms with E-state index in [9.17, 15) is 0 Å². The van der Waals surface area contributed by atoms with Gasteiger partial charge in [0.15, 0.2) is 0 Å². The zero-order valence-corrected chi connectivity index (χ0v) is 10.6. The van der Waals surface area contributed by atoms with Gasteiger partial charge in [0.25, 0.3) is 0 Å².